The molecule has 1 heterocycles. The van der Waals surface area contributed by atoms with E-state index in [0.717, 1.165) is 30.8 Å². The monoisotopic (exact) mass is 268 g/mol. The molecule has 6 heteroatoms. The average Bonchev–Trinajstić information content (AvgIpc) is 3.12. The van der Waals surface area contributed by atoms with Crippen molar-refractivity contribution in [1.82, 2.24) is 20.1 Å². The summed E-state index contributed by atoms with van der Waals surface area (Å²) in [5.41, 5.74) is 0. The van der Waals surface area contributed by atoms with Gasteiger partial charge in [0, 0.05) is 19.0 Å². The summed E-state index contributed by atoms with van der Waals surface area (Å²) in [7, 11) is 1.82. The highest BCUT2D eigenvalue weighted by Gasteiger charge is 2.29. The Balaban J connectivity index is 1.95. The fourth-order valence-electron chi connectivity index (χ4n) is 1.75. The number of nitrogens with one attached hydrogen (secondary N) is 1. The number of hydrogen-bond acceptors (Lipinski definition) is 4. The van der Waals surface area contributed by atoms with Gasteiger partial charge >= 0.3 is 0 Å². The van der Waals surface area contributed by atoms with Crippen LogP contribution in [0.2, 0.25) is 0 Å². The summed E-state index contributed by atoms with van der Waals surface area (Å²) in [5.74, 6) is 2.63. The van der Waals surface area contributed by atoms with Gasteiger partial charge in [-0.1, -0.05) is 0 Å². The van der Waals surface area contributed by atoms with Crippen molar-refractivity contribution >= 4 is 17.7 Å². The highest BCUT2D eigenvalue weighted by molar-refractivity contribution is 7.98. The van der Waals surface area contributed by atoms with E-state index in [4.69, 9.17) is 0 Å². The van der Waals surface area contributed by atoms with Crippen LogP contribution in [0.1, 0.15) is 48.5 Å². The molecule has 0 spiro atoms. The van der Waals surface area contributed by atoms with Crippen molar-refractivity contribution in [1.29, 1.82) is 0 Å². The van der Waals surface area contributed by atoms with E-state index in [1.54, 1.807) is 16.7 Å². The van der Waals surface area contributed by atoms with Crippen LogP contribution < -0.4 is 0 Å². The number of hydrogen-bond donors (Lipinski definition) is 1. The lowest BCUT2D eigenvalue weighted by Crippen LogP contribution is -2.36. The zero-order chi connectivity index (χ0) is 13.1. The summed E-state index contributed by atoms with van der Waals surface area (Å²) in [6.45, 7) is 2.06. The third kappa shape index (κ3) is 3.04. The van der Waals surface area contributed by atoms with Crippen molar-refractivity contribution in [2.45, 2.75) is 38.1 Å². The van der Waals surface area contributed by atoms with Gasteiger partial charge in [-0.3, -0.25) is 9.89 Å². The predicted molar refractivity (Wildman–Crippen MR) is 72.9 cm³/mol. The third-order valence-corrected chi connectivity index (χ3v) is 4.02. The zero-order valence-electron chi connectivity index (χ0n) is 11.1. The van der Waals surface area contributed by atoms with Gasteiger partial charge in [0.05, 0.1) is 0 Å². The maximum Gasteiger partial charge on any atom is 0.293 e. The number of H-pyrrole nitrogens is 1. The Kier molecular flexibility index (Phi) is 4.27. The summed E-state index contributed by atoms with van der Waals surface area (Å²) in [5, 5.41) is 6.90. The number of aromatic nitrogens is 3. The van der Waals surface area contributed by atoms with E-state index in [0.29, 0.717) is 11.7 Å². The van der Waals surface area contributed by atoms with Gasteiger partial charge in [-0.05, 0) is 38.2 Å². The van der Waals surface area contributed by atoms with Crippen molar-refractivity contribution < 1.29 is 4.79 Å². The van der Waals surface area contributed by atoms with E-state index < -0.39 is 0 Å². The number of aromatic amines is 1. The van der Waals surface area contributed by atoms with Crippen LogP contribution in [0.5, 0.6) is 0 Å². The fourth-order valence-corrected chi connectivity index (χ4v) is 2.33. The Morgan fingerprint density at radius 1 is 1.61 bits per heavy atom. The normalized spacial score (nSPS) is 16.6. The maximum absolute atomic E-state index is 12.2. The Labute approximate surface area is 112 Å². The van der Waals surface area contributed by atoms with Gasteiger partial charge in [-0.15, -0.1) is 5.10 Å². The van der Waals surface area contributed by atoms with Gasteiger partial charge in [0.2, 0.25) is 5.82 Å². The molecular formula is C12H20N4OS. The summed E-state index contributed by atoms with van der Waals surface area (Å²) in [6.07, 6.45) is 5.38. The van der Waals surface area contributed by atoms with Crippen molar-refractivity contribution in [3.63, 3.8) is 0 Å². The first-order valence-electron chi connectivity index (χ1n) is 6.32. The van der Waals surface area contributed by atoms with Crippen LogP contribution in [-0.4, -0.2) is 51.1 Å². The minimum absolute atomic E-state index is 0.0910. The van der Waals surface area contributed by atoms with Crippen LogP contribution in [0, 0.1) is 0 Å². The first-order chi connectivity index (χ1) is 8.63. The van der Waals surface area contributed by atoms with Crippen LogP contribution in [0.25, 0.3) is 0 Å². The second kappa shape index (κ2) is 5.73. The molecule has 5 nitrogen and oxygen atoms in total. The molecule has 1 saturated carbocycles. The second-order valence-electron chi connectivity index (χ2n) is 4.87. The molecule has 100 valence electrons. The van der Waals surface area contributed by atoms with E-state index in [-0.39, 0.29) is 11.9 Å². The number of rotatable bonds is 6. The molecule has 1 aliphatic rings. The SMILES string of the molecule is CSCCC(C)N(C)C(=O)c1n[nH]c(C2CC2)n1. The number of amides is 1. The highest BCUT2D eigenvalue weighted by Crippen LogP contribution is 2.37. The Bertz CT molecular complexity index is 416. The minimum atomic E-state index is -0.0910. The van der Waals surface area contributed by atoms with Crippen LogP contribution in [0.4, 0.5) is 0 Å². The quantitative estimate of drug-likeness (QED) is 0.856. The van der Waals surface area contributed by atoms with Crippen LogP contribution in [0.15, 0.2) is 0 Å². The highest BCUT2D eigenvalue weighted by atomic mass is 32.2. The Morgan fingerprint density at radius 3 is 2.94 bits per heavy atom. The molecule has 1 N–H and O–H groups in total. The number of carbonyl (C=O) groups excluding carboxylic acids is 1. The Hall–Kier alpha value is -1.04. The molecule has 0 bridgehead atoms. The molecule has 0 radical (unpaired) electrons. The fraction of sp³-hybridized carbons (Fsp3) is 0.750. The van der Waals surface area contributed by atoms with E-state index >= 15 is 0 Å². The first-order valence-corrected chi connectivity index (χ1v) is 7.71. The molecule has 1 aromatic heterocycles. The lowest BCUT2D eigenvalue weighted by Gasteiger charge is -2.23. The Morgan fingerprint density at radius 2 is 2.33 bits per heavy atom. The van der Waals surface area contributed by atoms with Crippen LogP contribution in [0.3, 0.4) is 0 Å². The molecule has 0 aromatic carbocycles. The number of nitrogens with zero attached hydrogens (tertiary/aromatic N) is 3. The van der Waals surface area contributed by atoms with Crippen molar-refractivity contribution in [3.8, 4) is 0 Å². The molecule has 1 atom stereocenters. The largest absolute Gasteiger partial charge is 0.336 e. The van der Waals surface area contributed by atoms with Crippen molar-refractivity contribution in [2.75, 3.05) is 19.1 Å². The second-order valence-corrected chi connectivity index (χ2v) is 5.85. The summed E-state index contributed by atoms with van der Waals surface area (Å²) in [4.78, 5) is 18.2. The molecule has 1 aromatic rings. The molecule has 0 saturated heterocycles. The molecule has 18 heavy (non-hydrogen) atoms. The van der Waals surface area contributed by atoms with Gasteiger partial charge in [-0.25, -0.2) is 4.98 Å². The lowest BCUT2D eigenvalue weighted by molar-refractivity contribution is 0.0729. The summed E-state index contributed by atoms with van der Waals surface area (Å²) < 4.78 is 0. The van der Waals surface area contributed by atoms with Crippen LogP contribution >= 0.6 is 11.8 Å². The molecule has 2 rings (SSSR count). The standard InChI is InChI=1S/C12H20N4OS/c1-8(6-7-18-3)16(2)12(17)11-13-10(14-15-11)9-4-5-9/h8-9H,4-7H2,1-3H3,(H,13,14,15). The minimum Gasteiger partial charge on any atom is -0.336 e. The van der Waals surface area contributed by atoms with E-state index in [1.807, 2.05) is 7.05 Å². The zero-order valence-corrected chi connectivity index (χ0v) is 12.0. The number of carbonyl (C=O) groups is 1. The van der Waals surface area contributed by atoms with Gasteiger partial charge in [0.1, 0.15) is 5.82 Å². The molecule has 1 fully saturated rings. The van der Waals surface area contributed by atoms with Gasteiger partial charge in [-0.2, -0.15) is 11.8 Å². The van der Waals surface area contributed by atoms with E-state index in [1.165, 1.54) is 0 Å². The predicted octanol–water partition coefficient (Wildman–Crippen LogP) is 1.90. The molecule has 0 aliphatic heterocycles. The van der Waals surface area contributed by atoms with Crippen LogP contribution in [-0.2, 0) is 0 Å². The lowest BCUT2D eigenvalue weighted by atomic mass is 10.2. The summed E-state index contributed by atoms with van der Waals surface area (Å²) >= 11 is 1.80. The smallest absolute Gasteiger partial charge is 0.293 e. The van der Waals surface area contributed by atoms with E-state index in [2.05, 4.69) is 28.4 Å². The van der Waals surface area contributed by atoms with E-state index in [9.17, 15) is 4.79 Å². The molecule has 1 unspecified atom stereocenters. The molecule has 1 amide bonds. The van der Waals surface area contributed by atoms with Crippen molar-refractivity contribution in [2.24, 2.45) is 0 Å². The average molecular weight is 268 g/mol. The first kappa shape index (κ1) is 13.4. The van der Waals surface area contributed by atoms with Crippen molar-refractivity contribution in [3.05, 3.63) is 11.6 Å². The third-order valence-electron chi connectivity index (χ3n) is 3.38. The maximum atomic E-state index is 12.2. The van der Waals surface area contributed by atoms with Gasteiger partial charge in [0.15, 0.2) is 0 Å². The topological polar surface area (TPSA) is 61.9 Å². The number of thioether (sulfide) groups is 1. The summed E-state index contributed by atoms with van der Waals surface area (Å²) in [6, 6.07) is 0.216. The molecule has 1 aliphatic carbocycles. The molecular weight excluding hydrogens is 248 g/mol. The van der Waals surface area contributed by atoms with Gasteiger partial charge < -0.3 is 4.90 Å². The van der Waals surface area contributed by atoms with Gasteiger partial charge in [0.25, 0.3) is 5.91 Å².